The van der Waals surface area contributed by atoms with E-state index in [2.05, 4.69) is 17.1 Å². The zero-order valence-corrected chi connectivity index (χ0v) is 14.2. The second kappa shape index (κ2) is 7.27. The molecule has 1 heterocycles. The van der Waals surface area contributed by atoms with Crippen LogP contribution in [0.1, 0.15) is 13.3 Å². The fraction of sp³-hybridized carbons (Fsp3) is 0.500. The van der Waals surface area contributed by atoms with Crippen molar-refractivity contribution in [2.24, 2.45) is 5.92 Å². The second-order valence-electron chi connectivity index (χ2n) is 6.12. The Bertz CT molecular complexity index is 591. The molecule has 5 nitrogen and oxygen atoms in total. The molecule has 1 aliphatic heterocycles. The maximum atomic E-state index is 13.3. The summed E-state index contributed by atoms with van der Waals surface area (Å²) < 4.78 is 13.3. The smallest absolute Gasteiger partial charge is 0.313 e. The summed E-state index contributed by atoms with van der Waals surface area (Å²) in [6.07, 6.45) is 0.818. The first-order chi connectivity index (χ1) is 10.8. The van der Waals surface area contributed by atoms with Gasteiger partial charge in [-0.3, -0.25) is 9.59 Å². The summed E-state index contributed by atoms with van der Waals surface area (Å²) in [6, 6.07) is 3.66. The number of likely N-dealkylation sites (N-methyl/N-ethyl adjacent to an activating group) is 1. The molecule has 1 aromatic carbocycles. The van der Waals surface area contributed by atoms with Crippen LogP contribution in [0.2, 0.25) is 5.02 Å². The Morgan fingerprint density at radius 1 is 1.39 bits per heavy atom. The number of nitrogens with one attached hydrogen (secondary N) is 1. The van der Waals surface area contributed by atoms with Crippen molar-refractivity contribution in [1.29, 1.82) is 0 Å². The Hall–Kier alpha value is -1.66. The van der Waals surface area contributed by atoms with Gasteiger partial charge in [0.2, 0.25) is 0 Å². The molecular formula is C16H21ClFN3O2. The molecule has 1 N–H and O–H groups in total. The summed E-state index contributed by atoms with van der Waals surface area (Å²) in [7, 11) is 3.67. The predicted octanol–water partition coefficient (Wildman–Crippen LogP) is 2.22. The fourth-order valence-corrected chi connectivity index (χ4v) is 3.26. The summed E-state index contributed by atoms with van der Waals surface area (Å²) in [5.41, 5.74) is 0.165. The molecule has 2 amide bonds. The number of hydrogen-bond donors (Lipinski definition) is 1. The third-order valence-electron chi connectivity index (χ3n) is 4.20. The first kappa shape index (κ1) is 17.7. The monoisotopic (exact) mass is 341 g/mol. The quantitative estimate of drug-likeness (QED) is 0.839. The van der Waals surface area contributed by atoms with Gasteiger partial charge in [0.1, 0.15) is 5.82 Å². The van der Waals surface area contributed by atoms with Crippen molar-refractivity contribution in [3.63, 3.8) is 0 Å². The van der Waals surface area contributed by atoms with Gasteiger partial charge in [-0.1, -0.05) is 18.5 Å². The molecule has 0 saturated carbocycles. The summed E-state index contributed by atoms with van der Waals surface area (Å²) in [5, 5.41) is 2.56. The topological polar surface area (TPSA) is 52.7 Å². The molecule has 23 heavy (non-hydrogen) atoms. The zero-order valence-electron chi connectivity index (χ0n) is 13.5. The number of likely N-dealkylation sites (tertiary alicyclic amines) is 1. The molecule has 2 unspecified atom stereocenters. The minimum atomic E-state index is -0.791. The summed E-state index contributed by atoms with van der Waals surface area (Å²) >= 11 is 5.74. The van der Waals surface area contributed by atoms with Crippen LogP contribution in [0.3, 0.4) is 0 Å². The van der Waals surface area contributed by atoms with Crippen molar-refractivity contribution in [1.82, 2.24) is 9.80 Å². The third-order valence-corrected chi connectivity index (χ3v) is 4.41. The van der Waals surface area contributed by atoms with Crippen LogP contribution in [0.5, 0.6) is 0 Å². The normalized spacial score (nSPS) is 21.8. The van der Waals surface area contributed by atoms with Gasteiger partial charge in [-0.15, -0.1) is 0 Å². The van der Waals surface area contributed by atoms with Crippen molar-refractivity contribution < 1.29 is 14.0 Å². The van der Waals surface area contributed by atoms with Gasteiger partial charge in [-0.05, 0) is 44.1 Å². The SMILES string of the molecule is CC1CN(C)CCC1N(C)C(=O)C(=O)Nc1cc(F)cc(Cl)c1. The van der Waals surface area contributed by atoms with Crippen LogP contribution in [0, 0.1) is 11.7 Å². The van der Waals surface area contributed by atoms with E-state index >= 15 is 0 Å². The van der Waals surface area contributed by atoms with Crippen molar-refractivity contribution in [3.05, 3.63) is 29.0 Å². The number of benzene rings is 1. The highest BCUT2D eigenvalue weighted by molar-refractivity contribution is 6.39. The molecular weight excluding hydrogens is 321 g/mol. The molecule has 0 spiro atoms. The Kier molecular flexibility index (Phi) is 5.59. The van der Waals surface area contributed by atoms with Crippen LogP contribution in [-0.4, -0.2) is 54.8 Å². The molecule has 0 aliphatic carbocycles. The highest BCUT2D eigenvalue weighted by atomic mass is 35.5. The zero-order chi connectivity index (χ0) is 17.1. The number of nitrogens with zero attached hydrogens (tertiary/aromatic N) is 2. The van der Waals surface area contributed by atoms with E-state index in [1.54, 1.807) is 7.05 Å². The number of piperidine rings is 1. The van der Waals surface area contributed by atoms with E-state index in [0.717, 1.165) is 31.6 Å². The maximum absolute atomic E-state index is 13.3. The van der Waals surface area contributed by atoms with Gasteiger partial charge in [0, 0.05) is 30.3 Å². The van der Waals surface area contributed by atoms with Crippen LogP contribution in [0.25, 0.3) is 0 Å². The third kappa shape index (κ3) is 4.42. The van der Waals surface area contributed by atoms with Crippen molar-refractivity contribution in [2.75, 3.05) is 32.5 Å². The molecule has 1 saturated heterocycles. The predicted molar refractivity (Wildman–Crippen MR) is 87.9 cm³/mol. The van der Waals surface area contributed by atoms with E-state index < -0.39 is 17.6 Å². The van der Waals surface area contributed by atoms with Gasteiger partial charge >= 0.3 is 11.8 Å². The standard InChI is InChI=1S/C16H21ClFN3O2/c1-10-9-20(2)5-4-14(10)21(3)16(23)15(22)19-13-7-11(17)6-12(18)8-13/h6-8,10,14H,4-5,9H2,1-3H3,(H,19,22). The summed E-state index contributed by atoms with van der Waals surface area (Å²) in [4.78, 5) is 28.1. The summed E-state index contributed by atoms with van der Waals surface area (Å²) in [5.74, 6) is -1.72. The van der Waals surface area contributed by atoms with Gasteiger partial charge < -0.3 is 15.1 Å². The minimum Gasteiger partial charge on any atom is -0.334 e. The Labute approximate surface area is 140 Å². The van der Waals surface area contributed by atoms with Crippen molar-refractivity contribution >= 4 is 29.1 Å². The van der Waals surface area contributed by atoms with E-state index in [0.29, 0.717) is 0 Å². The largest absolute Gasteiger partial charge is 0.334 e. The number of halogens is 2. The average Bonchev–Trinajstić information content (AvgIpc) is 2.44. The first-order valence-corrected chi connectivity index (χ1v) is 7.88. The lowest BCUT2D eigenvalue weighted by atomic mass is 9.93. The molecule has 7 heteroatoms. The van der Waals surface area contributed by atoms with E-state index in [-0.39, 0.29) is 22.7 Å². The lowest BCUT2D eigenvalue weighted by Crippen LogP contribution is -2.52. The van der Waals surface area contributed by atoms with Gasteiger partial charge in [0.25, 0.3) is 0 Å². The number of carbonyl (C=O) groups is 2. The van der Waals surface area contributed by atoms with E-state index in [9.17, 15) is 14.0 Å². The second-order valence-corrected chi connectivity index (χ2v) is 6.56. The van der Waals surface area contributed by atoms with E-state index in [1.165, 1.54) is 11.0 Å². The first-order valence-electron chi connectivity index (χ1n) is 7.50. The van der Waals surface area contributed by atoms with Crippen LogP contribution in [0.15, 0.2) is 18.2 Å². The Morgan fingerprint density at radius 2 is 2.09 bits per heavy atom. The fourth-order valence-electron chi connectivity index (χ4n) is 3.04. The average molecular weight is 342 g/mol. The highest BCUT2D eigenvalue weighted by Crippen LogP contribution is 2.21. The molecule has 1 aliphatic rings. The lowest BCUT2D eigenvalue weighted by molar-refractivity contribution is -0.145. The van der Waals surface area contributed by atoms with Crippen LogP contribution in [0.4, 0.5) is 10.1 Å². The number of carbonyl (C=O) groups excluding carboxylic acids is 2. The van der Waals surface area contributed by atoms with Crippen LogP contribution < -0.4 is 5.32 Å². The molecule has 1 fully saturated rings. The molecule has 2 rings (SSSR count). The van der Waals surface area contributed by atoms with Crippen molar-refractivity contribution in [3.8, 4) is 0 Å². The minimum absolute atomic E-state index is 0.0144. The molecule has 2 atom stereocenters. The Balaban J connectivity index is 2.02. The van der Waals surface area contributed by atoms with Crippen LogP contribution >= 0.6 is 11.6 Å². The van der Waals surface area contributed by atoms with Crippen molar-refractivity contribution in [2.45, 2.75) is 19.4 Å². The lowest BCUT2D eigenvalue weighted by Gasteiger charge is -2.39. The van der Waals surface area contributed by atoms with Gasteiger partial charge in [-0.25, -0.2) is 4.39 Å². The van der Waals surface area contributed by atoms with Gasteiger partial charge in [-0.2, -0.15) is 0 Å². The molecule has 126 valence electrons. The Morgan fingerprint density at radius 3 is 2.70 bits per heavy atom. The number of anilines is 1. The highest BCUT2D eigenvalue weighted by Gasteiger charge is 2.32. The molecule has 0 bridgehead atoms. The summed E-state index contributed by atoms with van der Waals surface area (Å²) in [6.45, 7) is 3.82. The van der Waals surface area contributed by atoms with E-state index in [4.69, 9.17) is 11.6 Å². The van der Waals surface area contributed by atoms with E-state index in [1.807, 2.05) is 7.05 Å². The van der Waals surface area contributed by atoms with Crippen LogP contribution in [-0.2, 0) is 9.59 Å². The number of hydrogen-bond acceptors (Lipinski definition) is 3. The molecule has 1 aromatic rings. The maximum Gasteiger partial charge on any atom is 0.313 e. The number of rotatable bonds is 2. The molecule has 0 aromatic heterocycles. The van der Waals surface area contributed by atoms with Gasteiger partial charge in [0.05, 0.1) is 0 Å². The van der Waals surface area contributed by atoms with Gasteiger partial charge in [0.15, 0.2) is 0 Å². The number of amides is 2. The molecule has 0 radical (unpaired) electrons.